The number of rotatable bonds is 0. The van der Waals surface area contributed by atoms with E-state index in [2.05, 4.69) is 5.32 Å². The molecule has 0 unspecified atom stereocenters. The van der Waals surface area contributed by atoms with E-state index >= 15 is 0 Å². The maximum atomic E-state index is 10.4. The Balaban J connectivity index is 0.000000288. The third-order valence-corrected chi connectivity index (χ3v) is 1.90. The van der Waals surface area contributed by atoms with Crippen LogP contribution in [0.25, 0.3) is 0 Å². The Bertz CT molecular complexity index is 197. The summed E-state index contributed by atoms with van der Waals surface area (Å²) in [6, 6.07) is 0.473. The van der Waals surface area contributed by atoms with Gasteiger partial charge >= 0.3 is 6.09 Å². The van der Waals surface area contributed by atoms with Crippen LogP contribution in [0.2, 0.25) is 0 Å². The first-order valence-electron chi connectivity index (χ1n) is 5.51. The number of amides is 1. The molecule has 0 saturated carbocycles. The van der Waals surface area contributed by atoms with Crippen molar-refractivity contribution < 1.29 is 9.53 Å². The fraction of sp³-hybridized carbons (Fsp3) is 0.900. The highest BCUT2D eigenvalue weighted by Gasteiger charge is 2.14. The van der Waals surface area contributed by atoms with Crippen molar-refractivity contribution in [2.24, 2.45) is 11.6 Å². The first kappa shape index (κ1) is 15.2. The monoisotopic (exact) mass is 232 g/mol. The average molecular weight is 232 g/mol. The molecule has 0 aliphatic carbocycles. The van der Waals surface area contributed by atoms with Crippen LogP contribution in [0.3, 0.4) is 0 Å². The summed E-state index contributed by atoms with van der Waals surface area (Å²) in [5, 5.41) is 3.24. The standard InChI is InChI=1S/C5H12N2O2.C5H12N2/c1-5(2,3)9-4(8)7-6;6-5-1-3-7-4-2-5/h6H2,1-3H3,(H,7,8);5,7H,1-4,6H2. The van der Waals surface area contributed by atoms with Gasteiger partial charge in [0.25, 0.3) is 0 Å². The van der Waals surface area contributed by atoms with Crippen LogP contribution in [0, 0.1) is 0 Å². The predicted octanol–water partition coefficient (Wildman–Crippen LogP) is 0.0819. The van der Waals surface area contributed by atoms with Gasteiger partial charge in [0.2, 0.25) is 0 Å². The summed E-state index contributed by atoms with van der Waals surface area (Å²) in [4.78, 5) is 10.4. The van der Waals surface area contributed by atoms with Crippen molar-refractivity contribution in [3.63, 3.8) is 0 Å². The number of ether oxygens (including phenoxy) is 1. The van der Waals surface area contributed by atoms with Gasteiger partial charge in [-0.3, -0.25) is 5.43 Å². The molecule has 0 aromatic carbocycles. The summed E-state index contributed by atoms with van der Waals surface area (Å²) in [5.74, 6) is 4.75. The maximum Gasteiger partial charge on any atom is 0.421 e. The summed E-state index contributed by atoms with van der Waals surface area (Å²) in [7, 11) is 0. The molecular formula is C10H24N4O2. The lowest BCUT2D eigenvalue weighted by Gasteiger charge is -2.18. The van der Waals surface area contributed by atoms with E-state index in [1.165, 1.54) is 0 Å². The van der Waals surface area contributed by atoms with E-state index in [-0.39, 0.29) is 0 Å². The minimum atomic E-state index is -0.609. The predicted molar refractivity (Wildman–Crippen MR) is 63.6 cm³/mol. The first-order valence-corrected chi connectivity index (χ1v) is 5.51. The summed E-state index contributed by atoms with van der Waals surface area (Å²) < 4.78 is 4.71. The number of carbonyl (C=O) groups excluding carboxylic acids is 1. The van der Waals surface area contributed by atoms with Crippen LogP contribution in [-0.2, 0) is 4.74 Å². The van der Waals surface area contributed by atoms with Gasteiger partial charge in [0.1, 0.15) is 5.60 Å². The molecule has 1 saturated heterocycles. The van der Waals surface area contributed by atoms with Gasteiger partial charge in [-0.15, -0.1) is 0 Å². The number of carbonyl (C=O) groups is 1. The van der Waals surface area contributed by atoms with Crippen LogP contribution in [0.15, 0.2) is 0 Å². The van der Waals surface area contributed by atoms with Crippen LogP contribution in [0.1, 0.15) is 33.6 Å². The van der Waals surface area contributed by atoms with E-state index in [4.69, 9.17) is 16.3 Å². The Morgan fingerprint density at radius 1 is 1.38 bits per heavy atom. The normalized spacial score (nSPS) is 17.1. The minimum Gasteiger partial charge on any atom is -0.443 e. The number of piperidine rings is 1. The molecule has 6 heteroatoms. The summed E-state index contributed by atoms with van der Waals surface area (Å²) in [6.07, 6.45) is 1.70. The average Bonchev–Trinajstić information content (AvgIpc) is 2.17. The lowest BCUT2D eigenvalue weighted by molar-refractivity contribution is 0.0527. The SMILES string of the molecule is CC(C)(C)OC(=O)NN.NC1CCNCC1. The van der Waals surface area contributed by atoms with Gasteiger partial charge in [-0.1, -0.05) is 0 Å². The van der Waals surface area contributed by atoms with Crippen LogP contribution in [0.5, 0.6) is 0 Å². The molecule has 1 amide bonds. The van der Waals surface area contributed by atoms with Crippen LogP contribution >= 0.6 is 0 Å². The van der Waals surface area contributed by atoms with Crippen molar-refractivity contribution in [3.05, 3.63) is 0 Å². The van der Waals surface area contributed by atoms with Gasteiger partial charge in [-0.2, -0.15) is 0 Å². The van der Waals surface area contributed by atoms with Crippen molar-refractivity contribution in [1.29, 1.82) is 0 Å². The molecule has 6 nitrogen and oxygen atoms in total. The Hall–Kier alpha value is -0.850. The molecular weight excluding hydrogens is 208 g/mol. The number of nitrogens with one attached hydrogen (secondary N) is 2. The molecule has 0 aromatic rings. The molecule has 16 heavy (non-hydrogen) atoms. The van der Waals surface area contributed by atoms with Crippen LogP contribution in [-0.4, -0.2) is 30.8 Å². The van der Waals surface area contributed by atoms with Gasteiger partial charge in [0.15, 0.2) is 0 Å². The van der Waals surface area contributed by atoms with E-state index in [1.807, 2.05) is 5.43 Å². The molecule has 1 aliphatic heterocycles. The summed E-state index contributed by atoms with van der Waals surface area (Å²) in [6.45, 7) is 7.52. The highest BCUT2D eigenvalue weighted by molar-refractivity contribution is 5.66. The Morgan fingerprint density at radius 2 is 1.88 bits per heavy atom. The number of hydrogen-bond donors (Lipinski definition) is 4. The molecule has 0 bridgehead atoms. The fourth-order valence-corrected chi connectivity index (χ4v) is 1.15. The van der Waals surface area contributed by atoms with Crippen molar-refractivity contribution in [2.75, 3.05) is 13.1 Å². The first-order chi connectivity index (χ1) is 7.35. The second-order valence-corrected chi connectivity index (χ2v) is 4.73. The fourth-order valence-electron chi connectivity index (χ4n) is 1.15. The van der Waals surface area contributed by atoms with Gasteiger partial charge in [-0.25, -0.2) is 10.6 Å². The zero-order chi connectivity index (χ0) is 12.6. The van der Waals surface area contributed by atoms with E-state index in [0.29, 0.717) is 6.04 Å². The van der Waals surface area contributed by atoms with E-state index in [9.17, 15) is 4.79 Å². The number of nitrogens with two attached hydrogens (primary N) is 2. The van der Waals surface area contributed by atoms with Crippen molar-refractivity contribution >= 4 is 6.09 Å². The second kappa shape index (κ2) is 7.43. The van der Waals surface area contributed by atoms with Crippen molar-refractivity contribution in [1.82, 2.24) is 10.7 Å². The smallest absolute Gasteiger partial charge is 0.421 e. The molecule has 0 atom stereocenters. The van der Waals surface area contributed by atoms with Gasteiger partial charge in [-0.05, 0) is 46.7 Å². The lowest BCUT2D eigenvalue weighted by Crippen LogP contribution is -2.36. The third-order valence-electron chi connectivity index (χ3n) is 1.90. The molecule has 1 aliphatic rings. The second-order valence-electron chi connectivity index (χ2n) is 4.73. The molecule has 1 heterocycles. The van der Waals surface area contributed by atoms with Gasteiger partial charge < -0.3 is 15.8 Å². The van der Waals surface area contributed by atoms with Gasteiger partial charge in [0.05, 0.1) is 0 Å². The minimum absolute atomic E-state index is 0.469. The van der Waals surface area contributed by atoms with E-state index < -0.39 is 11.7 Å². The molecule has 0 spiro atoms. The third kappa shape index (κ3) is 9.70. The van der Waals surface area contributed by atoms with Gasteiger partial charge in [0, 0.05) is 6.04 Å². The number of hydrogen-bond acceptors (Lipinski definition) is 5. The molecule has 6 N–H and O–H groups in total. The Kier molecular flexibility index (Phi) is 7.03. The largest absolute Gasteiger partial charge is 0.443 e. The zero-order valence-corrected chi connectivity index (χ0v) is 10.4. The highest BCUT2D eigenvalue weighted by atomic mass is 16.6. The number of hydrazine groups is 1. The summed E-state index contributed by atoms with van der Waals surface area (Å²) in [5.41, 5.74) is 6.99. The Morgan fingerprint density at radius 3 is 2.06 bits per heavy atom. The van der Waals surface area contributed by atoms with E-state index in [1.54, 1.807) is 20.8 Å². The molecule has 96 valence electrons. The quantitative estimate of drug-likeness (QED) is 0.269. The van der Waals surface area contributed by atoms with Crippen molar-refractivity contribution in [3.8, 4) is 0 Å². The van der Waals surface area contributed by atoms with Crippen molar-refractivity contribution in [2.45, 2.75) is 45.3 Å². The molecule has 0 radical (unpaired) electrons. The molecule has 0 aromatic heterocycles. The lowest BCUT2D eigenvalue weighted by atomic mass is 10.1. The highest BCUT2D eigenvalue weighted by Crippen LogP contribution is 2.05. The molecule has 1 fully saturated rings. The maximum absolute atomic E-state index is 10.4. The zero-order valence-electron chi connectivity index (χ0n) is 10.4. The Labute approximate surface area is 97.0 Å². The topological polar surface area (TPSA) is 102 Å². The van der Waals surface area contributed by atoms with E-state index in [0.717, 1.165) is 25.9 Å². The van der Waals surface area contributed by atoms with Crippen LogP contribution in [0.4, 0.5) is 4.79 Å². The summed E-state index contributed by atoms with van der Waals surface area (Å²) >= 11 is 0. The molecule has 1 rings (SSSR count). The van der Waals surface area contributed by atoms with Crippen LogP contribution < -0.4 is 22.3 Å².